The van der Waals surface area contributed by atoms with Gasteiger partial charge in [0.25, 0.3) is 5.56 Å². The minimum Gasteiger partial charge on any atom is -0.475 e. The molecule has 0 spiro atoms. The molecule has 1 aliphatic heterocycles. The number of nitrogens with zero attached hydrogens (tertiary/aromatic N) is 3. The number of aromatic nitrogens is 2. The van der Waals surface area contributed by atoms with Gasteiger partial charge in [-0.3, -0.25) is 9.69 Å². The summed E-state index contributed by atoms with van der Waals surface area (Å²) in [6, 6.07) is 12.4. The molecule has 3 rings (SSSR count). The Bertz CT molecular complexity index is 651. The molecule has 1 saturated heterocycles. The first kappa shape index (κ1) is 14.7. The van der Waals surface area contributed by atoms with E-state index in [4.69, 9.17) is 9.47 Å². The Morgan fingerprint density at radius 2 is 1.86 bits per heavy atom. The molecule has 0 bridgehead atoms. The zero-order chi connectivity index (χ0) is 15.2. The second kappa shape index (κ2) is 7.20. The number of rotatable bonds is 5. The first-order chi connectivity index (χ1) is 10.8. The highest BCUT2D eigenvalue weighted by Gasteiger charge is 2.10. The first-order valence-corrected chi connectivity index (χ1v) is 7.42. The number of hydrogen-bond acceptors (Lipinski definition) is 5. The number of ether oxygens (including phenoxy) is 2. The molecule has 116 valence electrons. The Morgan fingerprint density at radius 1 is 1.09 bits per heavy atom. The Hall–Kier alpha value is -2.18. The van der Waals surface area contributed by atoms with E-state index in [-0.39, 0.29) is 5.56 Å². The summed E-state index contributed by atoms with van der Waals surface area (Å²) in [4.78, 5) is 14.2. The Kier molecular flexibility index (Phi) is 4.82. The fraction of sp³-hybridized carbons (Fsp3) is 0.375. The molecule has 0 atom stereocenters. The lowest BCUT2D eigenvalue weighted by atomic mass is 10.3. The van der Waals surface area contributed by atoms with Crippen molar-refractivity contribution in [1.82, 2.24) is 14.7 Å². The molecule has 0 aliphatic carbocycles. The van der Waals surface area contributed by atoms with Gasteiger partial charge in [-0.05, 0) is 12.1 Å². The molecule has 6 nitrogen and oxygen atoms in total. The topological polar surface area (TPSA) is 56.6 Å². The molecular formula is C16H19N3O3. The Balaban J connectivity index is 1.63. The maximum atomic E-state index is 11.9. The third-order valence-corrected chi connectivity index (χ3v) is 3.54. The molecule has 6 heteroatoms. The van der Waals surface area contributed by atoms with Crippen LogP contribution >= 0.6 is 0 Å². The minimum absolute atomic E-state index is 0.174. The second-order valence-electron chi connectivity index (χ2n) is 5.06. The van der Waals surface area contributed by atoms with E-state index >= 15 is 0 Å². The Labute approximate surface area is 128 Å². The lowest BCUT2D eigenvalue weighted by Gasteiger charge is -2.26. The SMILES string of the molecule is O=c1ccc(OCCN2CCOCC2)nn1-c1ccccc1. The highest BCUT2D eigenvalue weighted by Crippen LogP contribution is 2.07. The molecule has 2 aromatic rings. The van der Waals surface area contributed by atoms with Gasteiger partial charge in [0.15, 0.2) is 0 Å². The lowest BCUT2D eigenvalue weighted by Crippen LogP contribution is -2.38. The van der Waals surface area contributed by atoms with Crippen molar-refractivity contribution >= 4 is 0 Å². The van der Waals surface area contributed by atoms with Crippen LogP contribution in [-0.2, 0) is 4.74 Å². The molecule has 0 N–H and O–H groups in total. The number of hydrogen-bond donors (Lipinski definition) is 0. The average Bonchev–Trinajstić information content (AvgIpc) is 2.58. The minimum atomic E-state index is -0.174. The van der Waals surface area contributed by atoms with E-state index < -0.39 is 0 Å². The zero-order valence-corrected chi connectivity index (χ0v) is 12.4. The van der Waals surface area contributed by atoms with Crippen molar-refractivity contribution in [2.75, 3.05) is 39.5 Å². The zero-order valence-electron chi connectivity index (χ0n) is 12.4. The van der Waals surface area contributed by atoms with Crippen molar-refractivity contribution in [1.29, 1.82) is 0 Å². The highest BCUT2D eigenvalue weighted by molar-refractivity contribution is 5.30. The number of para-hydroxylation sites is 1. The maximum Gasteiger partial charge on any atom is 0.271 e. The van der Waals surface area contributed by atoms with Crippen LogP contribution in [-0.4, -0.2) is 54.1 Å². The van der Waals surface area contributed by atoms with Gasteiger partial charge < -0.3 is 9.47 Å². The van der Waals surface area contributed by atoms with Crippen molar-refractivity contribution < 1.29 is 9.47 Å². The standard InChI is InChI=1S/C16H19N3O3/c20-16-7-6-15(17-19(16)14-4-2-1-3-5-14)22-13-10-18-8-11-21-12-9-18/h1-7H,8-13H2. The predicted molar refractivity (Wildman–Crippen MR) is 82.6 cm³/mol. The monoisotopic (exact) mass is 301 g/mol. The molecule has 0 radical (unpaired) electrons. The molecule has 1 fully saturated rings. The summed E-state index contributed by atoms with van der Waals surface area (Å²) in [6.45, 7) is 4.78. The Morgan fingerprint density at radius 3 is 2.64 bits per heavy atom. The van der Waals surface area contributed by atoms with Crippen LogP contribution in [0.1, 0.15) is 0 Å². The molecule has 1 aliphatic rings. The van der Waals surface area contributed by atoms with Crippen LogP contribution in [0.4, 0.5) is 0 Å². The summed E-state index contributed by atoms with van der Waals surface area (Å²) in [6.07, 6.45) is 0. The van der Waals surface area contributed by atoms with E-state index in [1.165, 1.54) is 10.7 Å². The van der Waals surface area contributed by atoms with Crippen molar-refractivity contribution in [3.63, 3.8) is 0 Å². The van der Waals surface area contributed by atoms with Crippen LogP contribution in [0.15, 0.2) is 47.3 Å². The van der Waals surface area contributed by atoms with Gasteiger partial charge in [-0.1, -0.05) is 18.2 Å². The maximum absolute atomic E-state index is 11.9. The third kappa shape index (κ3) is 3.72. The average molecular weight is 301 g/mol. The van der Waals surface area contributed by atoms with E-state index in [2.05, 4.69) is 10.00 Å². The van der Waals surface area contributed by atoms with Crippen LogP contribution < -0.4 is 10.3 Å². The van der Waals surface area contributed by atoms with Gasteiger partial charge in [-0.2, -0.15) is 4.68 Å². The molecule has 1 aromatic heterocycles. The van der Waals surface area contributed by atoms with E-state index in [1.54, 1.807) is 6.07 Å². The van der Waals surface area contributed by atoms with Crippen molar-refractivity contribution in [2.45, 2.75) is 0 Å². The molecule has 0 unspecified atom stereocenters. The van der Waals surface area contributed by atoms with Crippen molar-refractivity contribution in [3.8, 4) is 11.6 Å². The summed E-state index contributed by atoms with van der Waals surface area (Å²) < 4.78 is 12.3. The molecule has 0 amide bonds. The van der Waals surface area contributed by atoms with Gasteiger partial charge in [0.05, 0.1) is 18.9 Å². The largest absolute Gasteiger partial charge is 0.475 e. The van der Waals surface area contributed by atoms with E-state index in [0.717, 1.165) is 38.5 Å². The molecule has 22 heavy (non-hydrogen) atoms. The van der Waals surface area contributed by atoms with Crippen LogP contribution in [0.3, 0.4) is 0 Å². The van der Waals surface area contributed by atoms with Crippen molar-refractivity contribution in [2.24, 2.45) is 0 Å². The summed E-state index contributed by atoms with van der Waals surface area (Å²) in [7, 11) is 0. The molecule has 2 heterocycles. The van der Waals surface area contributed by atoms with Crippen LogP contribution in [0.25, 0.3) is 5.69 Å². The van der Waals surface area contributed by atoms with Crippen LogP contribution in [0.5, 0.6) is 5.88 Å². The fourth-order valence-corrected chi connectivity index (χ4v) is 2.33. The highest BCUT2D eigenvalue weighted by atomic mass is 16.5. The predicted octanol–water partition coefficient (Wildman–Crippen LogP) is 0.943. The van der Waals surface area contributed by atoms with Gasteiger partial charge in [-0.15, -0.1) is 5.10 Å². The van der Waals surface area contributed by atoms with Gasteiger partial charge in [0.1, 0.15) is 6.61 Å². The summed E-state index contributed by atoms with van der Waals surface area (Å²) in [5, 5.41) is 4.26. The van der Waals surface area contributed by atoms with Crippen molar-refractivity contribution in [3.05, 3.63) is 52.8 Å². The third-order valence-electron chi connectivity index (χ3n) is 3.54. The summed E-state index contributed by atoms with van der Waals surface area (Å²) in [5.41, 5.74) is 0.554. The van der Waals surface area contributed by atoms with Gasteiger partial charge >= 0.3 is 0 Å². The molecule has 0 saturated carbocycles. The number of benzene rings is 1. The smallest absolute Gasteiger partial charge is 0.271 e. The number of morpholine rings is 1. The summed E-state index contributed by atoms with van der Waals surface area (Å²) >= 11 is 0. The molecular weight excluding hydrogens is 282 g/mol. The lowest BCUT2D eigenvalue weighted by molar-refractivity contribution is 0.0319. The van der Waals surface area contributed by atoms with E-state index in [1.807, 2.05) is 30.3 Å². The van der Waals surface area contributed by atoms with Gasteiger partial charge in [0.2, 0.25) is 5.88 Å². The van der Waals surface area contributed by atoms with E-state index in [9.17, 15) is 4.79 Å². The fourth-order valence-electron chi connectivity index (χ4n) is 2.33. The molecule has 1 aromatic carbocycles. The van der Waals surface area contributed by atoms with Gasteiger partial charge in [0, 0.05) is 31.8 Å². The normalized spacial score (nSPS) is 15.6. The first-order valence-electron chi connectivity index (χ1n) is 7.42. The van der Waals surface area contributed by atoms with Crippen LogP contribution in [0.2, 0.25) is 0 Å². The van der Waals surface area contributed by atoms with Crippen LogP contribution in [0, 0.1) is 0 Å². The quantitative estimate of drug-likeness (QED) is 0.823. The van der Waals surface area contributed by atoms with Gasteiger partial charge in [-0.25, -0.2) is 0 Å². The van der Waals surface area contributed by atoms with E-state index in [0.29, 0.717) is 12.5 Å². The summed E-state index contributed by atoms with van der Waals surface area (Å²) in [5.74, 6) is 0.455. The second-order valence-corrected chi connectivity index (χ2v) is 5.06.